The summed E-state index contributed by atoms with van der Waals surface area (Å²) < 4.78 is 1.30. The van der Waals surface area contributed by atoms with Crippen molar-refractivity contribution in [1.82, 2.24) is 5.32 Å². The molecular formula is C15H24BrNS. The first kappa shape index (κ1) is 14.5. The SMILES string of the molecule is CNCC1CCC(C)(C)CC1Cc1sccc1Br. The molecule has 1 aliphatic carbocycles. The second-order valence-corrected chi connectivity index (χ2v) is 8.24. The summed E-state index contributed by atoms with van der Waals surface area (Å²) in [5.41, 5.74) is 0.526. The zero-order chi connectivity index (χ0) is 13.2. The molecule has 1 aliphatic rings. The molecule has 0 spiro atoms. The zero-order valence-corrected chi connectivity index (χ0v) is 14.0. The van der Waals surface area contributed by atoms with Crippen LogP contribution in [0.2, 0.25) is 0 Å². The predicted molar refractivity (Wildman–Crippen MR) is 84.3 cm³/mol. The summed E-state index contributed by atoms with van der Waals surface area (Å²) in [5, 5.41) is 5.58. The van der Waals surface area contributed by atoms with Crippen molar-refractivity contribution in [3.05, 3.63) is 20.8 Å². The molecule has 2 unspecified atom stereocenters. The molecule has 0 bridgehead atoms. The monoisotopic (exact) mass is 329 g/mol. The van der Waals surface area contributed by atoms with E-state index in [1.165, 1.54) is 41.6 Å². The predicted octanol–water partition coefficient (Wildman–Crippen LogP) is 4.72. The van der Waals surface area contributed by atoms with Crippen molar-refractivity contribution in [1.29, 1.82) is 0 Å². The molecular weight excluding hydrogens is 306 g/mol. The fraction of sp³-hybridized carbons (Fsp3) is 0.733. The Morgan fingerprint density at radius 3 is 2.83 bits per heavy atom. The van der Waals surface area contributed by atoms with Crippen molar-refractivity contribution in [3.8, 4) is 0 Å². The van der Waals surface area contributed by atoms with Crippen LogP contribution in [0.1, 0.15) is 38.0 Å². The lowest BCUT2D eigenvalue weighted by Gasteiger charge is -2.41. The van der Waals surface area contributed by atoms with Crippen molar-refractivity contribution in [3.63, 3.8) is 0 Å². The highest BCUT2D eigenvalue weighted by atomic mass is 79.9. The number of halogens is 1. The minimum Gasteiger partial charge on any atom is -0.319 e. The Balaban J connectivity index is 2.07. The average Bonchev–Trinajstić information content (AvgIpc) is 2.68. The fourth-order valence-electron chi connectivity index (χ4n) is 3.27. The lowest BCUT2D eigenvalue weighted by molar-refractivity contribution is 0.117. The highest BCUT2D eigenvalue weighted by Crippen LogP contribution is 2.44. The van der Waals surface area contributed by atoms with Gasteiger partial charge in [0.05, 0.1) is 0 Å². The Morgan fingerprint density at radius 1 is 1.44 bits per heavy atom. The molecule has 3 heteroatoms. The number of thiophene rings is 1. The maximum atomic E-state index is 3.68. The van der Waals surface area contributed by atoms with E-state index in [2.05, 4.69) is 53.6 Å². The van der Waals surface area contributed by atoms with Gasteiger partial charge in [0.15, 0.2) is 0 Å². The van der Waals surface area contributed by atoms with Gasteiger partial charge >= 0.3 is 0 Å². The van der Waals surface area contributed by atoms with Gasteiger partial charge in [-0.3, -0.25) is 0 Å². The first-order chi connectivity index (χ1) is 8.52. The molecule has 1 nitrogen and oxygen atoms in total. The topological polar surface area (TPSA) is 12.0 Å². The number of nitrogens with one attached hydrogen (secondary N) is 1. The standard InChI is InChI=1S/C15H24BrNS/c1-15(2)6-4-11(10-17-3)12(9-15)8-14-13(16)5-7-18-14/h5,7,11-12,17H,4,6,8-10H2,1-3H3. The van der Waals surface area contributed by atoms with E-state index in [0.717, 1.165) is 11.8 Å². The van der Waals surface area contributed by atoms with Crippen molar-refractivity contribution >= 4 is 27.3 Å². The first-order valence-corrected chi connectivity index (χ1v) is 8.55. The quantitative estimate of drug-likeness (QED) is 0.843. The van der Waals surface area contributed by atoms with Crippen molar-refractivity contribution < 1.29 is 0 Å². The van der Waals surface area contributed by atoms with Gasteiger partial charge in [0, 0.05) is 9.35 Å². The van der Waals surface area contributed by atoms with Crippen LogP contribution in [-0.2, 0) is 6.42 Å². The summed E-state index contributed by atoms with van der Waals surface area (Å²) in [7, 11) is 2.08. The Labute approximate surface area is 123 Å². The van der Waals surface area contributed by atoms with Crippen LogP contribution in [0, 0.1) is 17.3 Å². The van der Waals surface area contributed by atoms with E-state index in [9.17, 15) is 0 Å². The van der Waals surface area contributed by atoms with Gasteiger partial charge in [0.1, 0.15) is 0 Å². The van der Waals surface area contributed by atoms with Crippen LogP contribution < -0.4 is 5.32 Å². The molecule has 0 saturated heterocycles. The Hall–Kier alpha value is 0.140. The van der Waals surface area contributed by atoms with E-state index in [4.69, 9.17) is 0 Å². The smallest absolute Gasteiger partial charge is 0.0314 e. The molecule has 1 aromatic heterocycles. The third-order valence-corrected chi connectivity index (χ3v) is 6.23. The largest absolute Gasteiger partial charge is 0.319 e. The molecule has 1 heterocycles. The third-order valence-electron chi connectivity index (χ3n) is 4.28. The van der Waals surface area contributed by atoms with E-state index in [1.807, 2.05) is 11.3 Å². The molecule has 2 atom stereocenters. The number of rotatable bonds is 4. The minimum absolute atomic E-state index is 0.526. The first-order valence-electron chi connectivity index (χ1n) is 6.88. The van der Waals surface area contributed by atoms with Crippen LogP contribution in [0.3, 0.4) is 0 Å². The van der Waals surface area contributed by atoms with Crippen LogP contribution >= 0.6 is 27.3 Å². The van der Waals surface area contributed by atoms with E-state index >= 15 is 0 Å². The van der Waals surface area contributed by atoms with Gasteiger partial charge in [-0.25, -0.2) is 0 Å². The zero-order valence-electron chi connectivity index (χ0n) is 11.6. The van der Waals surface area contributed by atoms with Gasteiger partial charge in [-0.1, -0.05) is 13.8 Å². The highest BCUT2D eigenvalue weighted by Gasteiger charge is 2.34. The molecule has 102 valence electrons. The maximum absolute atomic E-state index is 3.68. The van der Waals surface area contributed by atoms with E-state index in [1.54, 1.807) is 0 Å². The van der Waals surface area contributed by atoms with E-state index in [-0.39, 0.29) is 0 Å². The van der Waals surface area contributed by atoms with Crippen LogP contribution in [0.15, 0.2) is 15.9 Å². The molecule has 1 N–H and O–H groups in total. The summed E-state index contributed by atoms with van der Waals surface area (Å²) in [6, 6.07) is 2.18. The second-order valence-electron chi connectivity index (χ2n) is 6.38. The van der Waals surface area contributed by atoms with Gasteiger partial charge in [-0.15, -0.1) is 11.3 Å². The second kappa shape index (κ2) is 6.06. The molecule has 1 aromatic rings. The number of hydrogen-bond acceptors (Lipinski definition) is 2. The molecule has 0 amide bonds. The molecule has 18 heavy (non-hydrogen) atoms. The van der Waals surface area contributed by atoms with Crippen molar-refractivity contribution in [2.24, 2.45) is 17.3 Å². The van der Waals surface area contributed by atoms with Gasteiger partial charge < -0.3 is 5.32 Å². The lowest BCUT2D eigenvalue weighted by Crippen LogP contribution is -2.36. The Kier molecular flexibility index (Phi) is 4.90. The molecule has 1 saturated carbocycles. The van der Waals surface area contributed by atoms with Crippen LogP contribution in [0.4, 0.5) is 0 Å². The summed E-state index contributed by atoms with van der Waals surface area (Å²) in [6.45, 7) is 6.03. The summed E-state index contributed by atoms with van der Waals surface area (Å²) in [4.78, 5) is 1.53. The highest BCUT2D eigenvalue weighted by molar-refractivity contribution is 9.10. The molecule has 0 radical (unpaired) electrons. The molecule has 0 aromatic carbocycles. The Morgan fingerprint density at radius 2 is 2.22 bits per heavy atom. The average molecular weight is 330 g/mol. The van der Waals surface area contributed by atoms with Gasteiger partial charge in [0.2, 0.25) is 0 Å². The normalized spacial score (nSPS) is 27.3. The van der Waals surface area contributed by atoms with Crippen molar-refractivity contribution in [2.75, 3.05) is 13.6 Å². The third kappa shape index (κ3) is 3.58. The van der Waals surface area contributed by atoms with E-state index in [0.29, 0.717) is 5.41 Å². The van der Waals surface area contributed by atoms with Gasteiger partial charge in [-0.05, 0) is 83.9 Å². The minimum atomic E-state index is 0.526. The lowest BCUT2D eigenvalue weighted by atomic mass is 9.66. The van der Waals surface area contributed by atoms with Crippen molar-refractivity contribution in [2.45, 2.75) is 39.5 Å². The molecule has 2 rings (SSSR count). The summed E-state index contributed by atoms with van der Waals surface area (Å²) in [5.74, 6) is 1.67. The molecule has 1 fully saturated rings. The fourth-order valence-corrected chi connectivity index (χ4v) is 4.88. The number of hydrogen-bond donors (Lipinski definition) is 1. The van der Waals surface area contributed by atoms with Crippen LogP contribution in [0.5, 0.6) is 0 Å². The summed E-state index contributed by atoms with van der Waals surface area (Å²) >= 11 is 5.57. The summed E-state index contributed by atoms with van der Waals surface area (Å²) in [6.07, 6.45) is 5.36. The van der Waals surface area contributed by atoms with Gasteiger partial charge in [-0.2, -0.15) is 0 Å². The Bertz CT molecular complexity index is 386. The van der Waals surface area contributed by atoms with Gasteiger partial charge in [0.25, 0.3) is 0 Å². The van der Waals surface area contributed by atoms with E-state index < -0.39 is 0 Å². The molecule has 0 aliphatic heterocycles. The maximum Gasteiger partial charge on any atom is 0.0314 e. The van der Waals surface area contributed by atoms with Crippen LogP contribution in [0.25, 0.3) is 0 Å². The van der Waals surface area contributed by atoms with Crippen LogP contribution in [-0.4, -0.2) is 13.6 Å².